The number of rotatable bonds is 4. The zero-order chi connectivity index (χ0) is 16.5. The zero-order valence-electron chi connectivity index (χ0n) is 15.0. The lowest BCUT2D eigenvalue weighted by Gasteiger charge is -2.16. The molecule has 1 aromatic heterocycles. The van der Waals surface area contributed by atoms with Gasteiger partial charge in [0.2, 0.25) is 0 Å². The van der Waals surface area contributed by atoms with E-state index >= 15 is 0 Å². The molecule has 156 valence electrons. The highest BCUT2D eigenvalue weighted by atomic mass is 35.5. The van der Waals surface area contributed by atoms with E-state index in [2.05, 4.69) is 27.7 Å². The Labute approximate surface area is 200 Å². The average molecular weight is 506 g/mol. The molecule has 2 heterocycles. The third-order valence-electron chi connectivity index (χ3n) is 4.62. The SMILES string of the molecule is Cl.Cl.Cl.Cl.Clc1ccc(Cn2c(CN3CCCC3)nc3ccccc32)cc1Cl. The van der Waals surface area contributed by atoms with Crippen LogP contribution < -0.4 is 0 Å². The van der Waals surface area contributed by atoms with Crippen molar-refractivity contribution in [2.24, 2.45) is 0 Å². The van der Waals surface area contributed by atoms with Crippen molar-refractivity contribution in [1.29, 1.82) is 0 Å². The van der Waals surface area contributed by atoms with Crippen LogP contribution in [0.5, 0.6) is 0 Å². The second-order valence-corrected chi connectivity index (χ2v) is 7.15. The van der Waals surface area contributed by atoms with Crippen LogP contribution in [-0.4, -0.2) is 27.5 Å². The van der Waals surface area contributed by atoms with Crippen LogP contribution in [0.3, 0.4) is 0 Å². The number of likely N-dealkylation sites (tertiary alicyclic amines) is 1. The summed E-state index contributed by atoms with van der Waals surface area (Å²) in [5.41, 5.74) is 3.35. The molecule has 0 saturated carbocycles. The molecule has 4 rings (SSSR count). The fraction of sp³-hybridized carbons (Fsp3) is 0.316. The Balaban J connectivity index is 0.00000182. The van der Waals surface area contributed by atoms with Crippen molar-refractivity contribution < 1.29 is 0 Å². The summed E-state index contributed by atoms with van der Waals surface area (Å²) in [6.45, 7) is 3.97. The highest BCUT2D eigenvalue weighted by molar-refractivity contribution is 6.42. The maximum atomic E-state index is 6.18. The maximum absolute atomic E-state index is 6.18. The minimum absolute atomic E-state index is 0. The van der Waals surface area contributed by atoms with Crippen molar-refractivity contribution >= 4 is 83.9 Å². The predicted molar refractivity (Wildman–Crippen MR) is 129 cm³/mol. The molecule has 1 aliphatic heterocycles. The molecule has 2 aromatic carbocycles. The minimum Gasteiger partial charge on any atom is -0.322 e. The van der Waals surface area contributed by atoms with Crippen molar-refractivity contribution in [3.8, 4) is 0 Å². The first-order valence-electron chi connectivity index (χ1n) is 8.31. The van der Waals surface area contributed by atoms with Crippen LogP contribution in [-0.2, 0) is 13.1 Å². The van der Waals surface area contributed by atoms with Crippen LogP contribution in [0.1, 0.15) is 24.2 Å². The number of para-hydroxylation sites is 2. The topological polar surface area (TPSA) is 21.1 Å². The standard InChI is InChI=1S/C19H19Cl2N3.4ClH/c20-15-8-7-14(11-16(15)21)12-24-18-6-2-1-5-17(18)22-19(24)13-23-9-3-4-10-23;;;;/h1-2,5-8,11H,3-4,9-10,12-13H2;4*1H. The third kappa shape index (κ3) is 6.06. The van der Waals surface area contributed by atoms with Crippen molar-refractivity contribution in [1.82, 2.24) is 14.5 Å². The van der Waals surface area contributed by atoms with E-state index in [0.29, 0.717) is 10.0 Å². The largest absolute Gasteiger partial charge is 0.322 e. The molecule has 3 nitrogen and oxygen atoms in total. The smallest absolute Gasteiger partial charge is 0.124 e. The summed E-state index contributed by atoms with van der Waals surface area (Å²) >= 11 is 12.2. The van der Waals surface area contributed by atoms with Crippen molar-refractivity contribution in [2.45, 2.75) is 25.9 Å². The third-order valence-corrected chi connectivity index (χ3v) is 5.36. The van der Waals surface area contributed by atoms with E-state index in [4.69, 9.17) is 28.2 Å². The van der Waals surface area contributed by atoms with Crippen molar-refractivity contribution in [3.63, 3.8) is 0 Å². The monoisotopic (exact) mass is 503 g/mol. The summed E-state index contributed by atoms with van der Waals surface area (Å²) in [5, 5.41) is 1.19. The molecule has 1 fully saturated rings. The highest BCUT2D eigenvalue weighted by Gasteiger charge is 2.17. The summed E-state index contributed by atoms with van der Waals surface area (Å²) in [5.74, 6) is 1.11. The molecule has 0 bridgehead atoms. The molecule has 3 aromatic rings. The fourth-order valence-electron chi connectivity index (χ4n) is 3.38. The van der Waals surface area contributed by atoms with Gasteiger partial charge in [-0.2, -0.15) is 0 Å². The van der Waals surface area contributed by atoms with Gasteiger partial charge in [0, 0.05) is 6.54 Å². The molecule has 0 atom stereocenters. The van der Waals surface area contributed by atoms with Gasteiger partial charge < -0.3 is 4.57 Å². The molecule has 1 saturated heterocycles. The predicted octanol–water partition coefficient (Wildman–Crippen LogP) is 6.67. The maximum Gasteiger partial charge on any atom is 0.124 e. The first-order valence-corrected chi connectivity index (χ1v) is 9.07. The van der Waals surface area contributed by atoms with E-state index in [-0.39, 0.29) is 49.6 Å². The van der Waals surface area contributed by atoms with Gasteiger partial charge in [-0.05, 0) is 55.8 Å². The minimum atomic E-state index is 0. The summed E-state index contributed by atoms with van der Waals surface area (Å²) in [4.78, 5) is 7.35. The highest BCUT2D eigenvalue weighted by Crippen LogP contribution is 2.25. The van der Waals surface area contributed by atoms with Crippen LogP contribution in [0.25, 0.3) is 11.0 Å². The molecule has 9 heteroatoms. The second-order valence-electron chi connectivity index (χ2n) is 6.33. The number of aromatic nitrogens is 2. The number of fused-ring (bicyclic) bond motifs is 1. The van der Waals surface area contributed by atoms with E-state index in [0.717, 1.165) is 48.6 Å². The van der Waals surface area contributed by atoms with Crippen molar-refractivity contribution in [2.75, 3.05) is 13.1 Å². The lowest BCUT2D eigenvalue weighted by atomic mass is 10.2. The van der Waals surface area contributed by atoms with Crippen LogP contribution in [0.15, 0.2) is 42.5 Å². The van der Waals surface area contributed by atoms with Gasteiger partial charge in [0.05, 0.1) is 27.6 Å². The first-order chi connectivity index (χ1) is 11.7. The molecule has 0 radical (unpaired) electrons. The van der Waals surface area contributed by atoms with Crippen LogP contribution in [0, 0.1) is 0 Å². The van der Waals surface area contributed by atoms with Gasteiger partial charge in [0.1, 0.15) is 5.82 Å². The van der Waals surface area contributed by atoms with Gasteiger partial charge in [-0.25, -0.2) is 4.98 Å². The number of imidazole rings is 1. The Hall–Kier alpha value is -0.390. The van der Waals surface area contributed by atoms with Gasteiger partial charge in [0.25, 0.3) is 0 Å². The Morgan fingerprint density at radius 3 is 2.18 bits per heavy atom. The summed E-state index contributed by atoms with van der Waals surface area (Å²) in [6.07, 6.45) is 2.57. The Bertz CT molecular complexity index is 877. The Kier molecular flexibility index (Phi) is 12.2. The molecule has 1 aliphatic rings. The van der Waals surface area contributed by atoms with Crippen LogP contribution >= 0.6 is 72.8 Å². The summed E-state index contributed by atoms with van der Waals surface area (Å²) in [6, 6.07) is 14.1. The molecule has 0 N–H and O–H groups in total. The summed E-state index contributed by atoms with van der Waals surface area (Å²) in [7, 11) is 0. The van der Waals surface area contributed by atoms with E-state index in [9.17, 15) is 0 Å². The Morgan fingerprint density at radius 2 is 1.50 bits per heavy atom. The molecule has 0 unspecified atom stereocenters. The average Bonchev–Trinajstić information content (AvgIpc) is 3.20. The first kappa shape index (κ1) is 27.6. The van der Waals surface area contributed by atoms with Gasteiger partial charge in [-0.15, -0.1) is 49.6 Å². The fourth-order valence-corrected chi connectivity index (χ4v) is 3.70. The second kappa shape index (κ2) is 12.3. The number of nitrogens with zero attached hydrogens (tertiary/aromatic N) is 3. The number of halogens is 6. The number of hydrogen-bond donors (Lipinski definition) is 0. The van der Waals surface area contributed by atoms with E-state index in [1.807, 2.05) is 24.3 Å². The zero-order valence-corrected chi connectivity index (χ0v) is 19.8. The molecule has 0 amide bonds. The van der Waals surface area contributed by atoms with Gasteiger partial charge in [-0.1, -0.05) is 41.4 Å². The number of hydrogen-bond acceptors (Lipinski definition) is 2. The number of benzene rings is 2. The van der Waals surface area contributed by atoms with E-state index in [1.165, 1.54) is 12.8 Å². The van der Waals surface area contributed by atoms with Gasteiger partial charge in [0.15, 0.2) is 0 Å². The van der Waals surface area contributed by atoms with Crippen LogP contribution in [0.4, 0.5) is 0 Å². The Morgan fingerprint density at radius 1 is 0.821 bits per heavy atom. The lowest BCUT2D eigenvalue weighted by molar-refractivity contribution is 0.318. The van der Waals surface area contributed by atoms with Gasteiger partial charge >= 0.3 is 0 Å². The van der Waals surface area contributed by atoms with E-state index in [1.54, 1.807) is 0 Å². The molecular weight excluding hydrogens is 483 g/mol. The lowest BCUT2D eigenvalue weighted by Crippen LogP contribution is -2.21. The van der Waals surface area contributed by atoms with E-state index < -0.39 is 0 Å². The van der Waals surface area contributed by atoms with Gasteiger partial charge in [-0.3, -0.25) is 4.90 Å². The summed E-state index contributed by atoms with van der Waals surface area (Å²) < 4.78 is 2.30. The normalized spacial score (nSPS) is 13.2. The van der Waals surface area contributed by atoms with Crippen LogP contribution in [0.2, 0.25) is 10.0 Å². The molecule has 0 spiro atoms. The molecule has 0 aliphatic carbocycles. The van der Waals surface area contributed by atoms with Crippen molar-refractivity contribution in [3.05, 3.63) is 63.9 Å². The quantitative estimate of drug-likeness (QED) is 0.394. The molecular formula is C19H23Cl6N3. The molecule has 28 heavy (non-hydrogen) atoms.